The third kappa shape index (κ3) is 5.27. The first-order chi connectivity index (χ1) is 11.5. The van der Waals surface area contributed by atoms with E-state index in [1.54, 1.807) is 0 Å². The van der Waals surface area contributed by atoms with Crippen molar-refractivity contribution >= 4 is 44.4 Å². The maximum Gasteiger partial charge on any atom is 0.304 e. The van der Waals surface area contributed by atoms with Crippen LogP contribution in [0.3, 0.4) is 0 Å². The van der Waals surface area contributed by atoms with Gasteiger partial charge in [-0.05, 0) is 18.2 Å². The molecule has 0 aliphatic heterocycles. The highest BCUT2D eigenvalue weighted by atomic mass is 33.1. The molecule has 1 aromatic carbocycles. The predicted molar refractivity (Wildman–Crippen MR) is 91.9 cm³/mol. The quantitative estimate of drug-likeness (QED) is 0.544. The molecule has 2 rings (SSSR count). The number of aliphatic carboxylic acids is 1. The van der Waals surface area contributed by atoms with Gasteiger partial charge in [0.1, 0.15) is 11.4 Å². The largest absolute Gasteiger partial charge is 0.481 e. The number of hydrogen-bond acceptors (Lipinski definition) is 6. The smallest absolute Gasteiger partial charge is 0.304 e. The summed E-state index contributed by atoms with van der Waals surface area (Å²) >= 11 is 0. The van der Waals surface area contributed by atoms with Crippen molar-refractivity contribution in [1.29, 1.82) is 0 Å². The molecule has 0 unspecified atom stereocenters. The number of carboxylic acid groups (broad SMARTS) is 1. The van der Waals surface area contributed by atoms with Crippen LogP contribution in [-0.2, 0) is 4.79 Å². The summed E-state index contributed by atoms with van der Waals surface area (Å²) in [7, 11) is 2.85. The molecule has 0 aliphatic rings. The number of carbonyl (C=O) groups is 2. The first-order valence-corrected chi connectivity index (χ1v) is 9.44. The van der Waals surface area contributed by atoms with E-state index in [1.165, 1.54) is 27.7 Å². The molecule has 1 heterocycles. The fourth-order valence-electron chi connectivity index (χ4n) is 1.78. The van der Waals surface area contributed by atoms with E-state index < -0.39 is 23.1 Å². The lowest BCUT2D eigenvalue weighted by Gasteiger charge is -2.05. The molecule has 2 N–H and O–H groups in total. The molecular formula is C15H14FNO5S2. The van der Waals surface area contributed by atoms with Gasteiger partial charge < -0.3 is 14.8 Å². The standard InChI is InChI=1S/C15H14FNO5S2/c16-9-1-2-12-10(7-9)11(18)8-13(22-12)15(21)17-4-6-24-23-5-3-14(19)20/h1-2,7-8H,3-6H2,(H,17,21)(H,19,20). The average Bonchev–Trinajstić information content (AvgIpc) is 2.54. The van der Waals surface area contributed by atoms with Gasteiger partial charge >= 0.3 is 5.97 Å². The van der Waals surface area contributed by atoms with Gasteiger partial charge in [0.25, 0.3) is 5.91 Å². The van der Waals surface area contributed by atoms with Crippen LogP contribution in [0.5, 0.6) is 0 Å². The summed E-state index contributed by atoms with van der Waals surface area (Å²) in [6, 6.07) is 4.55. The Labute approximate surface area is 144 Å². The van der Waals surface area contributed by atoms with Gasteiger partial charge in [-0.3, -0.25) is 14.4 Å². The molecule has 128 valence electrons. The van der Waals surface area contributed by atoms with Crippen molar-refractivity contribution in [3.63, 3.8) is 0 Å². The van der Waals surface area contributed by atoms with E-state index in [2.05, 4.69) is 5.32 Å². The maximum absolute atomic E-state index is 13.1. The fraction of sp³-hybridized carbons (Fsp3) is 0.267. The number of benzene rings is 1. The van der Waals surface area contributed by atoms with Crippen LogP contribution in [0.25, 0.3) is 11.0 Å². The van der Waals surface area contributed by atoms with E-state index in [4.69, 9.17) is 9.52 Å². The summed E-state index contributed by atoms with van der Waals surface area (Å²) in [4.78, 5) is 34.2. The van der Waals surface area contributed by atoms with E-state index in [0.29, 0.717) is 18.1 Å². The van der Waals surface area contributed by atoms with E-state index in [9.17, 15) is 18.8 Å². The number of fused-ring (bicyclic) bond motifs is 1. The Bertz CT molecular complexity index is 808. The molecule has 0 bridgehead atoms. The monoisotopic (exact) mass is 371 g/mol. The van der Waals surface area contributed by atoms with Gasteiger partial charge in [-0.2, -0.15) is 0 Å². The molecule has 0 fully saturated rings. The van der Waals surface area contributed by atoms with Crippen LogP contribution in [0.1, 0.15) is 17.0 Å². The van der Waals surface area contributed by atoms with Gasteiger partial charge in [0.05, 0.1) is 11.8 Å². The Hall–Kier alpha value is -2.00. The van der Waals surface area contributed by atoms with Gasteiger partial charge in [-0.1, -0.05) is 21.6 Å². The van der Waals surface area contributed by atoms with Crippen molar-refractivity contribution in [3.8, 4) is 0 Å². The van der Waals surface area contributed by atoms with Crippen LogP contribution in [0.4, 0.5) is 4.39 Å². The molecule has 0 aliphatic carbocycles. The van der Waals surface area contributed by atoms with Crippen molar-refractivity contribution < 1.29 is 23.5 Å². The molecule has 6 nitrogen and oxygen atoms in total. The van der Waals surface area contributed by atoms with Crippen molar-refractivity contribution in [3.05, 3.63) is 46.1 Å². The Kier molecular flexibility index (Phi) is 6.68. The second-order valence-electron chi connectivity index (χ2n) is 4.66. The zero-order valence-electron chi connectivity index (χ0n) is 12.4. The average molecular weight is 371 g/mol. The molecule has 0 atom stereocenters. The van der Waals surface area contributed by atoms with Crippen LogP contribution in [-0.4, -0.2) is 35.0 Å². The molecular weight excluding hydrogens is 357 g/mol. The molecule has 2 aromatic rings. The summed E-state index contributed by atoms with van der Waals surface area (Å²) in [5.41, 5.74) is -0.341. The van der Waals surface area contributed by atoms with Gasteiger partial charge in [-0.25, -0.2) is 4.39 Å². The first kappa shape index (κ1) is 18.3. The number of nitrogens with one attached hydrogen (secondary N) is 1. The minimum atomic E-state index is -0.845. The van der Waals surface area contributed by atoms with Crippen molar-refractivity contribution in [2.45, 2.75) is 6.42 Å². The lowest BCUT2D eigenvalue weighted by Crippen LogP contribution is -2.26. The summed E-state index contributed by atoms with van der Waals surface area (Å²) in [5, 5.41) is 11.2. The van der Waals surface area contributed by atoms with Crippen LogP contribution in [0, 0.1) is 5.82 Å². The van der Waals surface area contributed by atoms with Crippen LogP contribution in [0.15, 0.2) is 33.5 Å². The molecule has 0 saturated carbocycles. The molecule has 24 heavy (non-hydrogen) atoms. The lowest BCUT2D eigenvalue weighted by molar-refractivity contribution is -0.136. The normalized spacial score (nSPS) is 10.7. The van der Waals surface area contributed by atoms with Gasteiger partial charge in [-0.15, -0.1) is 0 Å². The van der Waals surface area contributed by atoms with Gasteiger partial charge in [0, 0.05) is 24.1 Å². The van der Waals surface area contributed by atoms with Crippen molar-refractivity contribution in [1.82, 2.24) is 5.32 Å². The van der Waals surface area contributed by atoms with Crippen molar-refractivity contribution in [2.75, 3.05) is 18.1 Å². The summed E-state index contributed by atoms with van der Waals surface area (Å²) in [6.45, 7) is 0.342. The van der Waals surface area contributed by atoms with E-state index in [-0.39, 0.29) is 23.2 Å². The second-order valence-corrected chi connectivity index (χ2v) is 7.36. The molecule has 0 saturated heterocycles. The third-order valence-electron chi connectivity index (χ3n) is 2.87. The Morgan fingerprint density at radius 1 is 1.21 bits per heavy atom. The van der Waals surface area contributed by atoms with E-state index in [1.807, 2.05) is 0 Å². The molecule has 0 radical (unpaired) electrons. The fourth-order valence-corrected chi connectivity index (χ4v) is 3.67. The van der Waals surface area contributed by atoms with Crippen molar-refractivity contribution in [2.24, 2.45) is 0 Å². The molecule has 9 heteroatoms. The van der Waals surface area contributed by atoms with Crippen LogP contribution >= 0.6 is 21.6 Å². The number of rotatable bonds is 8. The lowest BCUT2D eigenvalue weighted by atomic mass is 10.2. The van der Waals surface area contributed by atoms with Gasteiger partial charge in [0.15, 0.2) is 11.2 Å². The Morgan fingerprint density at radius 3 is 2.71 bits per heavy atom. The molecule has 1 aromatic heterocycles. The predicted octanol–water partition coefficient (Wildman–Crippen LogP) is 2.52. The number of amides is 1. The highest BCUT2D eigenvalue weighted by Crippen LogP contribution is 2.21. The third-order valence-corrected chi connectivity index (χ3v) is 5.27. The number of hydrogen-bond donors (Lipinski definition) is 2. The highest BCUT2D eigenvalue weighted by molar-refractivity contribution is 8.76. The van der Waals surface area contributed by atoms with Gasteiger partial charge in [0.2, 0.25) is 0 Å². The maximum atomic E-state index is 13.1. The number of halogens is 1. The minimum Gasteiger partial charge on any atom is -0.481 e. The Morgan fingerprint density at radius 2 is 1.96 bits per heavy atom. The van der Waals surface area contributed by atoms with Crippen LogP contribution in [0.2, 0.25) is 0 Å². The zero-order chi connectivity index (χ0) is 17.5. The highest BCUT2D eigenvalue weighted by Gasteiger charge is 2.12. The molecule has 0 spiro atoms. The second kappa shape index (κ2) is 8.74. The van der Waals surface area contributed by atoms with E-state index in [0.717, 1.165) is 18.2 Å². The molecule has 1 amide bonds. The zero-order valence-corrected chi connectivity index (χ0v) is 14.0. The SMILES string of the molecule is O=C(O)CCSSCCNC(=O)c1cc(=O)c2cc(F)ccc2o1. The van der Waals surface area contributed by atoms with E-state index >= 15 is 0 Å². The summed E-state index contributed by atoms with van der Waals surface area (Å²) in [5.74, 6) is -0.993. The summed E-state index contributed by atoms with van der Waals surface area (Å²) in [6.07, 6.45) is 0.0901. The minimum absolute atomic E-state index is 0.0805. The first-order valence-electron chi connectivity index (χ1n) is 6.95. The summed E-state index contributed by atoms with van der Waals surface area (Å²) < 4.78 is 18.4. The number of carboxylic acids is 1. The Balaban J connectivity index is 1.87. The number of carbonyl (C=O) groups excluding carboxylic acids is 1. The topological polar surface area (TPSA) is 96.6 Å². The van der Waals surface area contributed by atoms with Crippen LogP contribution < -0.4 is 10.7 Å².